The van der Waals surface area contributed by atoms with Gasteiger partial charge in [-0.2, -0.15) is 0 Å². The zero-order valence-electron chi connectivity index (χ0n) is 11.2. The van der Waals surface area contributed by atoms with Crippen LogP contribution in [0.1, 0.15) is 5.56 Å². The van der Waals surface area contributed by atoms with Gasteiger partial charge in [-0.3, -0.25) is 9.69 Å². The van der Waals surface area contributed by atoms with Gasteiger partial charge in [-0.15, -0.1) is 11.8 Å². The van der Waals surface area contributed by atoms with Crippen molar-refractivity contribution in [2.24, 2.45) is 0 Å². The standard InChI is InChI=1S/C14H20N2O2S/c1-19-13-4-2-12(3-5-13)10-15-14(17)11-16-6-8-18-9-7-16/h2-5H,6-11H2,1H3,(H,15,17). The summed E-state index contributed by atoms with van der Waals surface area (Å²) in [7, 11) is 0. The summed E-state index contributed by atoms with van der Waals surface area (Å²) < 4.78 is 5.26. The van der Waals surface area contributed by atoms with Crippen LogP contribution in [-0.2, 0) is 16.1 Å². The fraction of sp³-hybridized carbons (Fsp3) is 0.500. The largest absolute Gasteiger partial charge is 0.379 e. The van der Waals surface area contributed by atoms with Crippen LogP contribution in [0.4, 0.5) is 0 Å². The van der Waals surface area contributed by atoms with Gasteiger partial charge in [0.1, 0.15) is 0 Å². The minimum absolute atomic E-state index is 0.0795. The molecule has 1 saturated heterocycles. The number of benzene rings is 1. The number of rotatable bonds is 5. The lowest BCUT2D eigenvalue weighted by molar-refractivity contribution is -0.123. The first-order valence-corrected chi connectivity index (χ1v) is 7.70. The molecule has 0 atom stereocenters. The van der Waals surface area contributed by atoms with Gasteiger partial charge in [0.25, 0.3) is 0 Å². The average molecular weight is 280 g/mol. The maximum Gasteiger partial charge on any atom is 0.234 e. The molecule has 0 spiro atoms. The van der Waals surface area contributed by atoms with Crippen LogP contribution >= 0.6 is 11.8 Å². The Bertz CT molecular complexity index is 402. The molecule has 1 aliphatic rings. The van der Waals surface area contributed by atoms with E-state index in [0.29, 0.717) is 13.1 Å². The number of thioether (sulfide) groups is 1. The number of morpholine rings is 1. The summed E-state index contributed by atoms with van der Waals surface area (Å²) in [6.45, 7) is 4.20. The molecule has 4 nitrogen and oxygen atoms in total. The first-order valence-electron chi connectivity index (χ1n) is 6.47. The van der Waals surface area contributed by atoms with Gasteiger partial charge in [-0.25, -0.2) is 0 Å². The number of carbonyl (C=O) groups is 1. The maximum absolute atomic E-state index is 11.8. The molecule has 0 unspecified atom stereocenters. The lowest BCUT2D eigenvalue weighted by Crippen LogP contribution is -2.43. The van der Waals surface area contributed by atoms with Crippen molar-refractivity contribution < 1.29 is 9.53 Å². The van der Waals surface area contributed by atoms with E-state index < -0.39 is 0 Å². The van der Waals surface area contributed by atoms with Crippen LogP contribution in [0, 0.1) is 0 Å². The Kier molecular flexibility index (Phi) is 5.69. The fourth-order valence-electron chi connectivity index (χ4n) is 1.96. The summed E-state index contributed by atoms with van der Waals surface area (Å²) in [6, 6.07) is 8.27. The van der Waals surface area contributed by atoms with Crippen molar-refractivity contribution in [3.63, 3.8) is 0 Å². The van der Waals surface area contributed by atoms with Crippen LogP contribution in [0.25, 0.3) is 0 Å². The molecule has 1 fully saturated rings. The van der Waals surface area contributed by atoms with Gasteiger partial charge in [0, 0.05) is 24.5 Å². The van der Waals surface area contributed by atoms with Gasteiger partial charge >= 0.3 is 0 Å². The minimum atomic E-state index is 0.0795. The number of hydrogen-bond donors (Lipinski definition) is 1. The topological polar surface area (TPSA) is 41.6 Å². The molecule has 1 aromatic carbocycles. The van der Waals surface area contributed by atoms with E-state index in [1.165, 1.54) is 4.90 Å². The molecule has 1 aromatic rings. The highest BCUT2D eigenvalue weighted by molar-refractivity contribution is 7.98. The Balaban J connectivity index is 1.72. The number of amides is 1. The second-order valence-corrected chi connectivity index (χ2v) is 5.39. The van der Waals surface area contributed by atoms with E-state index in [-0.39, 0.29) is 5.91 Å². The Morgan fingerprint density at radius 2 is 2.00 bits per heavy atom. The molecule has 0 saturated carbocycles. The Morgan fingerprint density at radius 3 is 2.63 bits per heavy atom. The molecule has 0 aliphatic carbocycles. The highest BCUT2D eigenvalue weighted by Gasteiger charge is 2.13. The van der Waals surface area contributed by atoms with Crippen molar-refractivity contribution in [3.05, 3.63) is 29.8 Å². The van der Waals surface area contributed by atoms with Crippen molar-refractivity contribution in [3.8, 4) is 0 Å². The van der Waals surface area contributed by atoms with E-state index in [0.717, 1.165) is 31.9 Å². The molecule has 1 amide bonds. The number of nitrogens with zero attached hydrogens (tertiary/aromatic N) is 1. The molecular weight excluding hydrogens is 260 g/mol. The van der Waals surface area contributed by atoms with Gasteiger partial charge in [0.2, 0.25) is 5.91 Å². The van der Waals surface area contributed by atoms with Crippen LogP contribution in [0.2, 0.25) is 0 Å². The Labute approximate surface area is 118 Å². The number of ether oxygens (including phenoxy) is 1. The summed E-state index contributed by atoms with van der Waals surface area (Å²) in [4.78, 5) is 15.2. The van der Waals surface area contributed by atoms with Crippen LogP contribution in [0.15, 0.2) is 29.2 Å². The monoisotopic (exact) mass is 280 g/mol. The molecular formula is C14H20N2O2S. The molecule has 0 radical (unpaired) electrons. The second-order valence-electron chi connectivity index (χ2n) is 4.51. The van der Waals surface area contributed by atoms with E-state index in [9.17, 15) is 4.79 Å². The van der Waals surface area contributed by atoms with Crippen molar-refractivity contribution >= 4 is 17.7 Å². The lowest BCUT2D eigenvalue weighted by Gasteiger charge is -2.25. The van der Waals surface area contributed by atoms with E-state index in [1.54, 1.807) is 11.8 Å². The van der Waals surface area contributed by atoms with E-state index in [1.807, 2.05) is 0 Å². The third-order valence-electron chi connectivity index (χ3n) is 3.12. The lowest BCUT2D eigenvalue weighted by atomic mass is 10.2. The minimum Gasteiger partial charge on any atom is -0.379 e. The van der Waals surface area contributed by atoms with Gasteiger partial charge in [0.05, 0.1) is 19.8 Å². The summed E-state index contributed by atoms with van der Waals surface area (Å²) in [5.74, 6) is 0.0795. The van der Waals surface area contributed by atoms with E-state index in [4.69, 9.17) is 4.74 Å². The molecule has 0 aromatic heterocycles. The van der Waals surface area contributed by atoms with Crippen LogP contribution in [0.5, 0.6) is 0 Å². The van der Waals surface area contributed by atoms with E-state index >= 15 is 0 Å². The molecule has 19 heavy (non-hydrogen) atoms. The van der Waals surface area contributed by atoms with Gasteiger partial charge in [-0.05, 0) is 24.0 Å². The zero-order valence-corrected chi connectivity index (χ0v) is 12.0. The van der Waals surface area contributed by atoms with Crippen LogP contribution in [0.3, 0.4) is 0 Å². The third kappa shape index (κ3) is 4.86. The first-order chi connectivity index (χ1) is 9.28. The molecule has 5 heteroatoms. The number of nitrogens with one attached hydrogen (secondary N) is 1. The molecule has 1 N–H and O–H groups in total. The summed E-state index contributed by atoms with van der Waals surface area (Å²) in [6.07, 6.45) is 2.05. The predicted molar refractivity (Wildman–Crippen MR) is 77.3 cm³/mol. The second kappa shape index (κ2) is 7.53. The van der Waals surface area contributed by atoms with Crippen LogP contribution in [-0.4, -0.2) is 49.9 Å². The first kappa shape index (κ1) is 14.4. The summed E-state index contributed by atoms with van der Waals surface area (Å²) in [5, 5.41) is 2.96. The normalized spacial score (nSPS) is 16.3. The smallest absolute Gasteiger partial charge is 0.234 e. The number of carbonyl (C=O) groups excluding carboxylic acids is 1. The van der Waals surface area contributed by atoms with Crippen molar-refractivity contribution in [1.82, 2.24) is 10.2 Å². The SMILES string of the molecule is CSc1ccc(CNC(=O)CN2CCOCC2)cc1. The van der Waals surface area contributed by atoms with Crippen molar-refractivity contribution in [2.75, 3.05) is 39.1 Å². The zero-order chi connectivity index (χ0) is 13.5. The Morgan fingerprint density at radius 1 is 1.32 bits per heavy atom. The number of hydrogen-bond acceptors (Lipinski definition) is 4. The van der Waals surface area contributed by atoms with Gasteiger partial charge < -0.3 is 10.1 Å². The highest BCUT2D eigenvalue weighted by Crippen LogP contribution is 2.14. The van der Waals surface area contributed by atoms with Gasteiger partial charge in [-0.1, -0.05) is 12.1 Å². The Hall–Kier alpha value is -1.04. The summed E-state index contributed by atoms with van der Waals surface area (Å²) >= 11 is 1.72. The maximum atomic E-state index is 11.8. The van der Waals surface area contributed by atoms with Gasteiger partial charge in [0.15, 0.2) is 0 Å². The van der Waals surface area contributed by atoms with Crippen molar-refractivity contribution in [1.29, 1.82) is 0 Å². The molecule has 104 valence electrons. The molecule has 1 aliphatic heterocycles. The molecule has 2 rings (SSSR count). The van der Waals surface area contributed by atoms with E-state index in [2.05, 4.69) is 40.7 Å². The molecule has 1 heterocycles. The van der Waals surface area contributed by atoms with Crippen LogP contribution < -0.4 is 5.32 Å². The van der Waals surface area contributed by atoms with Crippen molar-refractivity contribution in [2.45, 2.75) is 11.4 Å². The fourth-order valence-corrected chi connectivity index (χ4v) is 2.37. The third-order valence-corrected chi connectivity index (χ3v) is 3.86. The summed E-state index contributed by atoms with van der Waals surface area (Å²) in [5.41, 5.74) is 1.13. The molecule has 0 bridgehead atoms. The quantitative estimate of drug-likeness (QED) is 0.827. The highest BCUT2D eigenvalue weighted by atomic mass is 32.2. The predicted octanol–water partition coefficient (Wildman–Crippen LogP) is 1.36. The average Bonchev–Trinajstić information content (AvgIpc) is 2.47.